The minimum atomic E-state index is -0.581. The van der Waals surface area contributed by atoms with E-state index in [1.54, 1.807) is 30.5 Å². The van der Waals surface area contributed by atoms with Crippen molar-refractivity contribution in [2.75, 3.05) is 5.73 Å². The van der Waals surface area contributed by atoms with Gasteiger partial charge in [0.05, 0.1) is 28.3 Å². The minimum absolute atomic E-state index is 0.0969. The Kier molecular flexibility index (Phi) is 4.12. The van der Waals surface area contributed by atoms with E-state index in [1.807, 2.05) is 0 Å². The predicted molar refractivity (Wildman–Crippen MR) is 120 cm³/mol. The summed E-state index contributed by atoms with van der Waals surface area (Å²) in [5, 5.41) is 7.27. The fourth-order valence-electron chi connectivity index (χ4n) is 3.85. The Morgan fingerprint density at radius 2 is 1.82 bits per heavy atom. The summed E-state index contributed by atoms with van der Waals surface area (Å²) in [5.41, 5.74) is 9.78. The molecule has 0 aliphatic carbocycles. The van der Waals surface area contributed by atoms with Gasteiger partial charge in [-0.2, -0.15) is 5.10 Å². The lowest BCUT2D eigenvalue weighted by Crippen LogP contribution is -1.94. The Balaban J connectivity index is 1.55. The molecule has 0 atom stereocenters. The van der Waals surface area contributed by atoms with Gasteiger partial charge in [-0.25, -0.2) is 18.7 Å². The zero-order valence-electron chi connectivity index (χ0n) is 16.8. The van der Waals surface area contributed by atoms with E-state index in [9.17, 15) is 4.39 Å². The molecular weight excluding hydrogens is 426 g/mol. The van der Waals surface area contributed by atoms with Gasteiger partial charge in [-0.15, -0.1) is 0 Å². The van der Waals surface area contributed by atoms with Crippen LogP contribution in [0.3, 0.4) is 0 Å². The van der Waals surface area contributed by atoms with E-state index in [1.165, 1.54) is 30.7 Å². The molecule has 0 unspecified atom stereocenters. The molecule has 10 heteroatoms. The summed E-state index contributed by atoms with van der Waals surface area (Å²) >= 11 is 0. The Morgan fingerprint density at radius 3 is 2.67 bits per heavy atom. The van der Waals surface area contributed by atoms with Gasteiger partial charge in [0.25, 0.3) is 0 Å². The smallest absolute Gasteiger partial charge is 0.178 e. The molecule has 0 amide bonds. The maximum atomic E-state index is 15.6. The molecule has 6 rings (SSSR count). The molecule has 0 saturated heterocycles. The Hall–Kier alpha value is -4.73. The number of halogens is 2. The quantitative estimate of drug-likeness (QED) is 0.373. The van der Waals surface area contributed by atoms with E-state index in [2.05, 4.69) is 35.1 Å². The molecule has 5 aromatic heterocycles. The van der Waals surface area contributed by atoms with Crippen LogP contribution >= 0.6 is 0 Å². The number of anilines is 1. The highest BCUT2D eigenvalue weighted by Gasteiger charge is 2.21. The third-order valence-corrected chi connectivity index (χ3v) is 5.33. The number of hydrogen-bond acceptors (Lipinski definition) is 6. The maximum Gasteiger partial charge on any atom is 0.178 e. The molecular formula is C23H14F2N8. The average Bonchev–Trinajstić information content (AvgIpc) is 3.43. The zero-order valence-corrected chi connectivity index (χ0v) is 16.8. The van der Waals surface area contributed by atoms with Gasteiger partial charge in [-0.05, 0) is 29.8 Å². The number of nitrogen functional groups attached to an aromatic ring is 1. The number of benzene rings is 1. The van der Waals surface area contributed by atoms with Gasteiger partial charge in [0, 0.05) is 29.7 Å². The van der Waals surface area contributed by atoms with Crippen molar-refractivity contribution in [3.8, 4) is 33.9 Å². The first-order chi connectivity index (χ1) is 16.1. The van der Waals surface area contributed by atoms with E-state index in [0.29, 0.717) is 44.9 Å². The van der Waals surface area contributed by atoms with Crippen LogP contribution in [0.5, 0.6) is 0 Å². The Morgan fingerprint density at radius 1 is 0.909 bits per heavy atom. The van der Waals surface area contributed by atoms with Crippen molar-refractivity contribution >= 4 is 27.8 Å². The fourth-order valence-corrected chi connectivity index (χ4v) is 3.85. The molecule has 0 aliphatic rings. The second kappa shape index (κ2) is 7.16. The third-order valence-electron chi connectivity index (χ3n) is 5.33. The van der Waals surface area contributed by atoms with Gasteiger partial charge in [-0.1, -0.05) is 12.1 Å². The van der Waals surface area contributed by atoms with Crippen molar-refractivity contribution in [2.24, 2.45) is 0 Å². The lowest BCUT2D eigenvalue weighted by molar-refractivity contribution is 0.628. The zero-order chi connectivity index (χ0) is 22.5. The molecule has 8 nitrogen and oxygen atoms in total. The first kappa shape index (κ1) is 19.0. The van der Waals surface area contributed by atoms with Gasteiger partial charge in [0.2, 0.25) is 0 Å². The summed E-state index contributed by atoms with van der Waals surface area (Å²) in [5.74, 6) is -0.620. The highest BCUT2D eigenvalue weighted by molar-refractivity contribution is 5.97. The lowest BCUT2D eigenvalue weighted by atomic mass is 10.1. The summed E-state index contributed by atoms with van der Waals surface area (Å²) in [6, 6.07) is 9.58. The number of nitrogens with one attached hydrogen (secondary N) is 2. The summed E-state index contributed by atoms with van der Waals surface area (Å²) in [6.45, 7) is 0. The Labute approximate surface area is 184 Å². The largest absolute Gasteiger partial charge is 0.397 e. The number of rotatable bonds is 3. The monoisotopic (exact) mass is 440 g/mol. The van der Waals surface area contributed by atoms with Gasteiger partial charge < -0.3 is 10.7 Å². The number of aromatic amines is 2. The predicted octanol–water partition coefficient (Wildman–Crippen LogP) is 4.49. The minimum Gasteiger partial charge on any atom is -0.397 e. The first-order valence-corrected chi connectivity index (χ1v) is 9.93. The van der Waals surface area contributed by atoms with Crippen LogP contribution in [0.1, 0.15) is 0 Å². The van der Waals surface area contributed by atoms with Crippen LogP contribution in [0.4, 0.5) is 14.5 Å². The van der Waals surface area contributed by atoms with Crippen LogP contribution < -0.4 is 5.73 Å². The fraction of sp³-hybridized carbons (Fsp3) is 0. The molecule has 4 N–H and O–H groups in total. The van der Waals surface area contributed by atoms with Gasteiger partial charge in [0.1, 0.15) is 17.2 Å². The highest BCUT2D eigenvalue weighted by Crippen LogP contribution is 2.34. The number of imidazole rings is 1. The molecule has 33 heavy (non-hydrogen) atoms. The molecule has 0 bridgehead atoms. The number of aromatic nitrogens is 7. The number of fused-ring (bicyclic) bond motifs is 2. The molecule has 0 aliphatic heterocycles. The molecule has 6 aromatic rings. The summed E-state index contributed by atoms with van der Waals surface area (Å²) in [7, 11) is 0. The number of pyridine rings is 3. The third kappa shape index (κ3) is 3.07. The van der Waals surface area contributed by atoms with Crippen LogP contribution in [0, 0.1) is 11.6 Å². The highest BCUT2D eigenvalue weighted by atomic mass is 19.1. The van der Waals surface area contributed by atoms with Crippen molar-refractivity contribution in [1.82, 2.24) is 35.1 Å². The van der Waals surface area contributed by atoms with E-state index in [-0.39, 0.29) is 22.6 Å². The van der Waals surface area contributed by atoms with E-state index >= 15 is 4.39 Å². The van der Waals surface area contributed by atoms with E-state index in [0.717, 1.165) is 0 Å². The van der Waals surface area contributed by atoms with Crippen LogP contribution in [-0.4, -0.2) is 35.1 Å². The topological polar surface area (TPSA) is 122 Å². The van der Waals surface area contributed by atoms with E-state index in [4.69, 9.17) is 5.73 Å². The van der Waals surface area contributed by atoms with Gasteiger partial charge in [-0.3, -0.25) is 15.1 Å². The summed E-state index contributed by atoms with van der Waals surface area (Å²) in [4.78, 5) is 20.2. The van der Waals surface area contributed by atoms with Crippen LogP contribution in [0.15, 0.2) is 61.2 Å². The lowest BCUT2D eigenvalue weighted by Gasteiger charge is -2.04. The first-order valence-electron chi connectivity index (χ1n) is 9.93. The number of nitrogens with zero attached hydrogens (tertiary/aromatic N) is 5. The van der Waals surface area contributed by atoms with E-state index < -0.39 is 5.82 Å². The molecule has 160 valence electrons. The second-order valence-corrected chi connectivity index (χ2v) is 7.44. The Bertz CT molecular complexity index is 1670. The molecule has 5 heterocycles. The number of H-pyrrole nitrogens is 2. The summed E-state index contributed by atoms with van der Waals surface area (Å²) in [6.07, 6.45) is 6.04. The van der Waals surface area contributed by atoms with Crippen molar-refractivity contribution in [3.63, 3.8) is 0 Å². The van der Waals surface area contributed by atoms with Gasteiger partial charge >= 0.3 is 0 Å². The molecule has 0 saturated carbocycles. The molecule has 0 spiro atoms. The van der Waals surface area contributed by atoms with Crippen LogP contribution in [0.2, 0.25) is 0 Å². The number of hydrogen-bond donors (Lipinski definition) is 3. The van der Waals surface area contributed by atoms with Crippen molar-refractivity contribution in [2.45, 2.75) is 0 Å². The summed E-state index contributed by atoms with van der Waals surface area (Å²) < 4.78 is 29.4. The SMILES string of the molecule is Nc1cncc(-c2ncc3[nH]nc(-c4nc5nccc(-c6cccc(F)c6)c5[nH]4)c3c2F)c1. The van der Waals surface area contributed by atoms with Crippen molar-refractivity contribution < 1.29 is 8.78 Å². The van der Waals surface area contributed by atoms with Crippen LogP contribution in [-0.2, 0) is 0 Å². The maximum absolute atomic E-state index is 15.6. The van der Waals surface area contributed by atoms with Crippen molar-refractivity contribution in [3.05, 3.63) is 72.8 Å². The van der Waals surface area contributed by atoms with Crippen molar-refractivity contribution in [1.29, 1.82) is 0 Å². The molecule has 0 fully saturated rings. The standard InChI is InChI=1S/C23H14F2N8/c24-13-3-1-2-11(6-13)15-4-5-28-22-20(15)30-23(31-22)21-17-16(32-33-21)10-29-19(18(17)25)12-7-14(26)9-27-8-12/h1-10H,26H2,(H,32,33)(H,28,30,31). The number of nitrogens with two attached hydrogens (primary N) is 1. The normalized spacial score (nSPS) is 11.5. The van der Waals surface area contributed by atoms with Crippen LogP contribution in [0.25, 0.3) is 56.0 Å². The molecule has 0 radical (unpaired) electrons. The second-order valence-electron chi connectivity index (χ2n) is 7.44. The van der Waals surface area contributed by atoms with Gasteiger partial charge in [0.15, 0.2) is 17.3 Å². The molecule has 1 aromatic carbocycles. The average molecular weight is 440 g/mol.